The molecule has 0 N–H and O–H groups in total. The Bertz CT molecular complexity index is 719. The Morgan fingerprint density at radius 2 is 1.68 bits per heavy atom. The minimum atomic E-state index is -0.987. The molecule has 2 fully saturated rings. The van der Waals surface area contributed by atoms with Crippen LogP contribution < -0.4 is 0 Å². The van der Waals surface area contributed by atoms with Crippen LogP contribution in [0.5, 0.6) is 0 Å². The van der Waals surface area contributed by atoms with Gasteiger partial charge < -0.3 is 28.4 Å². The maximum absolute atomic E-state index is 11.6. The molecular weight excluding hydrogens is 372 g/mol. The van der Waals surface area contributed by atoms with Crippen molar-refractivity contribution in [3.05, 3.63) is 35.9 Å². The zero-order valence-corrected chi connectivity index (χ0v) is 15.7. The molecule has 2 heterocycles. The van der Waals surface area contributed by atoms with Gasteiger partial charge in [0.2, 0.25) is 0 Å². The lowest BCUT2D eigenvalue weighted by Crippen LogP contribution is -2.46. The van der Waals surface area contributed by atoms with Gasteiger partial charge in [-0.2, -0.15) is 0 Å². The first-order chi connectivity index (χ1) is 13.3. The molecule has 3 rings (SSSR count). The molecular formula is C19H22O9. The van der Waals surface area contributed by atoms with Gasteiger partial charge >= 0.3 is 17.9 Å². The zero-order chi connectivity index (χ0) is 20.3. The molecule has 0 aromatic heterocycles. The Labute approximate surface area is 161 Å². The van der Waals surface area contributed by atoms with Crippen LogP contribution in [0.2, 0.25) is 0 Å². The van der Waals surface area contributed by atoms with Crippen molar-refractivity contribution in [2.24, 2.45) is 0 Å². The highest BCUT2D eigenvalue weighted by Gasteiger charge is 2.57. The van der Waals surface area contributed by atoms with Gasteiger partial charge in [0, 0.05) is 26.3 Å². The summed E-state index contributed by atoms with van der Waals surface area (Å²) in [5.41, 5.74) is 0.787. The van der Waals surface area contributed by atoms with E-state index in [1.54, 1.807) is 0 Å². The number of carbonyl (C=O) groups is 3. The van der Waals surface area contributed by atoms with Gasteiger partial charge in [0.25, 0.3) is 0 Å². The number of carbonyl (C=O) groups excluding carboxylic acids is 3. The van der Waals surface area contributed by atoms with Crippen LogP contribution in [0.4, 0.5) is 0 Å². The maximum Gasteiger partial charge on any atom is 0.303 e. The SMILES string of the molecule is CC(=O)OCC(OC(C)=O)C1OC2OC(c3ccccc3)OC2C1OC(C)=O. The number of esters is 3. The minimum Gasteiger partial charge on any atom is -0.462 e. The van der Waals surface area contributed by atoms with Crippen LogP contribution >= 0.6 is 0 Å². The van der Waals surface area contributed by atoms with Crippen molar-refractivity contribution in [2.75, 3.05) is 6.61 Å². The summed E-state index contributed by atoms with van der Waals surface area (Å²) in [4.78, 5) is 34.3. The van der Waals surface area contributed by atoms with Crippen LogP contribution in [0.1, 0.15) is 32.6 Å². The number of fused-ring (bicyclic) bond motifs is 1. The van der Waals surface area contributed by atoms with Crippen LogP contribution in [0.3, 0.4) is 0 Å². The molecule has 1 aromatic carbocycles. The molecule has 1 aromatic rings. The summed E-state index contributed by atoms with van der Waals surface area (Å²) < 4.78 is 33.2. The Morgan fingerprint density at radius 3 is 2.29 bits per heavy atom. The molecule has 0 amide bonds. The largest absolute Gasteiger partial charge is 0.462 e. The monoisotopic (exact) mass is 394 g/mol. The topological polar surface area (TPSA) is 107 Å². The van der Waals surface area contributed by atoms with E-state index in [2.05, 4.69) is 0 Å². The number of hydrogen-bond acceptors (Lipinski definition) is 9. The van der Waals surface area contributed by atoms with Crippen LogP contribution in [0, 0.1) is 0 Å². The average Bonchev–Trinajstić information content (AvgIpc) is 3.18. The lowest BCUT2D eigenvalue weighted by Gasteiger charge is -2.28. The van der Waals surface area contributed by atoms with Crippen molar-refractivity contribution in [1.82, 2.24) is 0 Å². The molecule has 28 heavy (non-hydrogen) atoms. The molecule has 2 aliphatic rings. The average molecular weight is 394 g/mol. The van der Waals surface area contributed by atoms with Crippen LogP contribution in [0.15, 0.2) is 30.3 Å². The third-order valence-corrected chi connectivity index (χ3v) is 4.25. The van der Waals surface area contributed by atoms with E-state index in [1.807, 2.05) is 30.3 Å². The van der Waals surface area contributed by atoms with Crippen molar-refractivity contribution in [3.8, 4) is 0 Å². The van der Waals surface area contributed by atoms with Crippen LogP contribution in [0.25, 0.3) is 0 Å². The van der Waals surface area contributed by atoms with Gasteiger partial charge in [0.15, 0.2) is 30.9 Å². The molecule has 0 saturated carbocycles. The van der Waals surface area contributed by atoms with E-state index < -0.39 is 54.9 Å². The molecule has 6 atom stereocenters. The van der Waals surface area contributed by atoms with E-state index >= 15 is 0 Å². The summed E-state index contributed by atoms with van der Waals surface area (Å²) in [7, 11) is 0. The van der Waals surface area contributed by atoms with E-state index in [-0.39, 0.29) is 6.61 Å². The summed E-state index contributed by atoms with van der Waals surface area (Å²) in [5.74, 6) is -1.69. The van der Waals surface area contributed by atoms with E-state index in [0.717, 1.165) is 5.56 Å². The summed E-state index contributed by atoms with van der Waals surface area (Å²) in [6.07, 6.45) is -5.06. The summed E-state index contributed by atoms with van der Waals surface area (Å²) in [6.45, 7) is 3.45. The molecule has 2 saturated heterocycles. The molecule has 0 spiro atoms. The summed E-state index contributed by atoms with van der Waals surface area (Å²) in [6, 6.07) is 9.24. The first kappa shape index (κ1) is 20.2. The standard InChI is InChI=1S/C19H22O9/c1-10(20)23-9-14(24-11(2)21)15-16(25-12(3)22)17-19(26-15)28-18(27-17)13-7-5-4-6-8-13/h4-8,14-19H,9H2,1-3H3. The second-order valence-electron chi connectivity index (χ2n) is 6.47. The van der Waals surface area contributed by atoms with E-state index in [1.165, 1.54) is 20.8 Å². The lowest BCUT2D eigenvalue weighted by atomic mass is 10.1. The molecule has 0 radical (unpaired) electrons. The second kappa shape index (κ2) is 8.68. The first-order valence-electron chi connectivity index (χ1n) is 8.84. The Kier molecular flexibility index (Phi) is 6.28. The molecule has 9 heteroatoms. The number of rotatable bonds is 6. The maximum atomic E-state index is 11.6. The van der Waals surface area contributed by atoms with Crippen LogP contribution in [-0.2, 0) is 42.8 Å². The predicted molar refractivity (Wildman–Crippen MR) is 91.5 cm³/mol. The molecule has 9 nitrogen and oxygen atoms in total. The van der Waals surface area contributed by atoms with Gasteiger partial charge in [0.05, 0.1) is 0 Å². The third-order valence-electron chi connectivity index (χ3n) is 4.25. The van der Waals surface area contributed by atoms with Crippen molar-refractivity contribution in [3.63, 3.8) is 0 Å². The van der Waals surface area contributed by atoms with Gasteiger partial charge in [-0.25, -0.2) is 0 Å². The van der Waals surface area contributed by atoms with Gasteiger partial charge in [-0.3, -0.25) is 14.4 Å². The molecule has 0 aliphatic carbocycles. The Balaban J connectivity index is 1.78. The van der Waals surface area contributed by atoms with Gasteiger partial charge in [-0.05, 0) is 0 Å². The quantitative estimate of drug-likeness (QED) is 0.520. The fourth-order valence-electron chi connectivity index (χ4n) is 3.20. The van der Waals surface area contributed by atoms with Gasteiger partial charge in [-0.15, -0.1) is 0 Å². The third kappa shape index (κ3) is 4.67. The van der Waals surface area contributed by atoms with Gasteiger partial charge in [-0.1, -0.05) is 30.3 Å². The predicted octanol–water partition coefficient (Wildman–Crippen LogP) is 1.25. The van der Waals surface area contributed by atoms with Gasteiger partial charge in [0.1, 0.15) is 12.7 Å². The Morgan fingerprint density at radius 1 is 0.964 bits per heavy atom. The summed E-state index contributed by atoms with van der Waals surface area (Å²) in [5, 5.41) is 0. The zero-order valence-electron chi connectivity index (χ0n) is 15.7. The fraction of sp³-hybridized carbons (Fsp3) is 0.526. The summed E-state index contributed by atoms with van der Waals surface area (Å²) >= 11 is 0. The van der Waals surface area contributed by atoms with Crippen molar-refractivity contribution < 1.29 is 42.8 Å². The highest BCUT2D eigenvalue weighted by Crippen LogP contribution is 2.41. The van der Waals surface area contributed by atoms with E-state index in [4.69, 9.17) is 28.4 Å². The normalized spacial score (nSPS) is 29.6. The minimum absolute atomic E-state index is 0.251. The van der Waals surface area contributed by atoms with Crippen molar-refractivity contribution in [1.29, 1.82) is 0 Å². The molecule has 0 bridgehead atoms. The molecule has 6 unspecified atom stereocenters. The highest BCUT2D eigenvalue weighted by atomic mass is 16.8. The van der Waals surface area contributed by atoms with E-state index in [9.17, 15) is 14.4 Å². The fourth-order valence-corrected chi connectivity index (χ4v) is 3.20. The van der Waals surface area contributed by atoms with Crippen molar-refractivity contribution in [2.45, 2.75) is 57.8 Å². The number of benzene rings is 1. The smallest absolute Gasteiger partial charge is 0.303 e. The number of hydrogen-bond donors (Lipinski definition) is 0. The number of ether oxygens (including phenoxy) is 6. The highest BCUT2D eigenvalue weighted by molar-refractivity contribution is 5.67. The molecule has 2 aliphatic heterocycles. The van der Waals surface area contributed by atoms with Crippen molar-refractivity contribution >= 4 is 17.9 Å². The Hall–Kier alpha value is -2.49. The second-order valence-corrected chi connectivity index (χ2v) is 6.47. The molecule has 152 valence electrons. The van der Waals surface area contributed by atoms with Crippen LogP contribution in [-0.4, -0.2) is 55.2 Å². The first-order valence-corrected chi connectivity index (χ1v) is 8.84. The van der Waals surface area contributed by atoms with E-state index in [0.29, 0.717) is 0 Å². The lowest BCUT2D eigenvalue weighted by molar-refractivity contribution is -0.208.